The van der Waals surface area contributed by atoms with Gasteiger partial charge >= 0.3 is 0 Å². The molecule has 1 aromatic heterocycles. The molecule has 3 rings (SSSR count). The van der Waals surface area contributed by atoms with Crippen molar-refractivity contribution in [2.24, 2.45) is 0 Å². The van der Waals surface area contributed by atoms with E-state index in [1.807, 2.05) is 7.05 Å². The van der Waals surface area contributed by atoms with E-state index in [1.165, 1.54) is 6.07 Å². The molecule has 2 amide bonds. The van der Waals surface area contributed by atoms with Gasteiger partial charge in [-0.25, -0.2) is 13.8 Å². The minimum absolute atomic E-state index is 0.0295. The van der Waals surface area contributed by atoms with Crippen molar-refractivity contribution in [3.8, 4) is 0 Å². The summed E-state index contributed by atoms with van der Waals surface area (Å²) in [5.74, 6) is -2.96. The standard InChI is InChI=1S/C17H18F2N4O2S/c1-22-6-5-11(8-22)23(2)16(25)14-9-26-17(20-14)21-15(24)10-3-4-12(18)13(19)7-10/h3-4,7,9,11H,5-6,8H2,1-2H3,(H,20,21,24). The lowest BCUT2D eigenvalue weighted by atomic mass is 10.2. The van der Waals surface area contributed by atoms with Crippen LogP contribution in [0.4, 0.5) is 13.9 Å². The van der Waals surface area contributed by atoms with E-state index in [1.54, 1.807) is 17.3 Å². The highest BCUT2D eigenvalue weighted by Gasteiger charge is 2.28. The quantitative estimate of drug-likeness (QED) is 0.885. The van der Waals surface area contributed by atoms with Crippen LogP contribution in [0.5, 0.6) is 0 Å². The van der Waals surface area contributed by atoms with E-state index >= 15 is 0 Å². The van der Waals surface area contributed by atoms with Crippen LogP contribution in [0.3, 0.4) is 0 Å². The summed E-state index contributed by atoms with van der Waals surface area (Å²) in [6.45, 7) is 1.75. The van der Waals surface area contributed by atoms with Gasteiger partial charge < -0.3 is 9.80 Å². The van der Waals surface area contributed by atoms with Gasteiger partial charge in [0, 0.05) is 30.6 Å². The third kappa shape index (κ3) is 3.88. The molecule has 2 heterocycles. The maximum Gasteiger partial charge on any atom is 0.273 e. The number of thiazole rings is 1. The number of likely N-dealkylation sites (N-methyl/N-ethyl adjacent to an activating group) is 2. The first-order chi connectivity index (χ1) is 12.3. The normalized spacial score (nSPS) is 17.3. The summed E-state index contributed by atoms with van der Waals surface area (Å²) in [5, 5.41) is 4.29. The lowest BCUT2D eigenvalue weighted by molar-refractivity contribution is 0.0732. The third-order valence-corrected chi connectivity index (χ3v) is 5.12. The minimum Gasteiger partial charge on any atom is -0.336 e. The Labute approximate surface area is 153 Å². The van der Waals surface area contributed by atoms with Crippen molar-refractivity contribution in [2.45, 2.75) is 12.5 Å². The van der Waals surface area contributed by atoms with E-state index in [0.717, 1.165) is 43.0 Å². The van der Waals surface area contributed by atoms with E-state index in [-0.39, 0.29) is 28.3 Å². The number of likely N-dealkylation sites (tertiary alicyclic amines) is 1. The zero-order valence-corrected chi connectivity index (χ0v) is 15.1. The molecule has 138 valence electrons. The molecule has 1 aliphatic rings. The largest absolute Gasteiger partial charge is 0.336 e. The molecule has 1 saturated heterocycles. The summed E-state index contributed by atoms with van der Waals surface area (Å²) in [6, 6.07) is 3.01. The molecule has 26 heavy (non-hydrogen) atoms. The van der Waals surface area contributed by atoms with Crippen molar-refractivity contribution in [3.05, 3.63) is 46.5 Å². The van der Waals surface area contributed by atoms with Crippen LogP contribution in [0.2, 0.25) is 0 Å². The fraction of sp³-hybridized carbons (Fsp3) is 0.353. The molecular weight excluding hydrogens is 362 g/mol. The van der Waals surface area contributed by atoms with Crippen molar-refractivity contribution < 1.29 is 18.4 Å². The number of halogens is 2. The molecule has 1 unspecified atom stereocenters. The monoisotopic (exact) mass is 380 g/mol. The molecular formula is C17H18F2N4O2S. The second-order valence-corrected chi connectivity index (χ2v) is 7.10. The Hall–Kier alpha value is -2.39. The lowest BCUT2D eigenvalue weighted by Crippen LogP contribution is -2.38. The smallest absolute Gasteiger partial charge is 0.273 e. The van der Waals surface area contributed by atoms with E-state index in [4.69, 9.17) is 0 Å². The molecule has 0 aliphatic carbocycles. The summed E-state index contributed by atoms with van der Waals surface area (Å²) < 4.78 is 26.2. The van der Waals surface area contributed by atoms with Gasteiger partial charge in [0.25, 0.3) is 11.8 Å². The van der Waals surface area contributed by atoms with Crippen LogP contribution in [0, 0.1) is 11.6 Å². The molecule has 1 aromatic carbocycles. The average molecular weight is 380 g/mol. The zero-order valence-electron chi connectivity index (χ0n) is 14.3. The van der Waals surface area contributed by atoms with Crippen LogP contribution >= 0.6 is 11.3 Å². The molecule has 2 aromatic rings. The van der Waals surface area contributed by atoms with Gasteiger partial charge in [-0.15, -0.1) is 11.3 Å². The topological polar surface area (TPSA) is 65.5 Å². The Morgan fingerprint density at radius 2 is 2.12 bits per heavy atom. The molecule has 1 fully saturated rings. The van der Waals surface area contributed by atoms with Gasteiger partial charge in [0.05, 0.1) is 0 Å². The third-order valence-electron chi connectivity index (χ3n) is 4.36. The Bertz CT molecular complexity index is 842. The Morgan fingerprint density at radius 1 is 1.35 bits per heavy atom. The summed E-state index contributed by atoms with van der Waals surface area (Å²) >= 11 is 1.10. The molecule has 6 nitrogen and oxygen atoms in total. The van der Waals surface area contributed by atoms with Crippen molar-refractivity contribution in [2.75, 3.05) is 32.5 Å². The fourth-order valence-electron chi connectivity index (χ4n) is 2.81. The Balaban J connectivity index is 1.66. The first kappa shape index (κ1) is 18.4. The number of rotatable bonds is 4. The summed E-state index contributed by atoms with van der Waals surface area (Å²) in [6.07, 6.45) is 0.905. The first-order valence-electron chi connectivity index (χ1n) is 8.03. The number of nitrogens with one attached hydrogen (secondary N) is 1. The molecule has 0 spiro atoms. The van der Waals surface area contributed by atoms with Crippen LogP contribution in [-0.2, 0) is 0 Å². The van der Waals surface area contributed by atoms with Gasteiger partial charge in [0.1, 0.15) is 5.69 Å². The van der Waals surface area contributed by atoms with Crippen LogP contribution in [0.25, 0.3) is 0 Å². The second kappa shape index (κ2) is 7.46. The fourth-order valence-corrected chi connectivity index (χ4v) is 3.49. The number of hydrogen-bond donors (Lipinski definition) is 1. The molecule has 1 N–H and O–H groups in total. The predicted molar refractivity (Wildman–Crippen MR) is 94.4 cm³/mol. The molecule has 0 radical (unpaired) electrons. The van der Waals surface area contributed by atoms with E-state index in [9.17, 15) is 18.4 Å². The number of carbonyl (C=O) groups is 2. The summed E-state index contributed by atoms with van der Waals surface area (Å²) in [4.78, 5) is 32.6. The van der Waals surface area contributed by atoms with Crippen molar-refractivity contribution >= 4 is 28.3 Å². The Kier molecular flexibility index (Phi) is 5.28. The highest BCUT2D eigenvalue weighted by atomic mass is 32.1. The average Bonchev–Trinajstić information content (AvgIpc) is 3.25. The predicted octanol–water partition coefficient (Wildman–Crippen LogP) is 2.45. The van der Waals surface area contributed by atoms with Crippen LogP contribution < -0.4 is 5.32 Å². The number of carbonyl (C=O) groups excluding carboxylic acids is 2. The minimum atomic E-state index is -1.10. The summed E-state index contributed by atoms with van der Waals surface area (Å²) in [7, 11) is 3.75. The van der Waals surface area contributed by atoms with Gasteiger partial charge in [-0.2, -0.15) is 0 Å². The van der Waals surface area contributed by atoms with Gasteiger partial charge in [-0.1, -0.05) is 0 Å². The number of hydrogen-bond acceptors (Lipinski definition) is 5. The number of benzene rings is 1. The molecule has 1 atom stereocenters. The molecule has 0 bridgehead atoms. The number of amides is 2. The highest BCUT2D eigenvalue weighted by Crippen LogP contribution is 2.20. The van der Waals surface area contributed by atoms with Gasteiger partial charge in [0.15, 0.2) is 16.8 Å². The van der Waals surface area contributed by atoms with Crippen molar-refractivity contribution in [1.29, 1.82) is 0 Å². The first-order valence-corrected chi connectivity index (χ1v) is 8.90. The number of aromatic nitrogens is 1. The van der Waals surface area contributed by atoms with E-state index in [0.29, 0.717) is 0 Å². The molecule has 1 aliphatic heterocycles. The van der Waals surface area contributed by atoms with Crippen LogP contribution in [0.1, 0.15) is 27.3 Å². The second-order valence-electron chi connectivity index (χ2n) is 6.24. The van der Waals surface area contributed by atoms with Crippen LogP contribution in [-0.4, -0.2) is 59.8 Å². The van der Waals surface area contributed by atoms with Crippen molar-refractivity contribution in [1.82, 2.24) is 14.8 Å². The Morgan fingerprint density at radius 3 is 2.77 bits per heavy atom. The summed E-state index contributed by atoms with van der Waals surface area (Å²) in [5.41, 5.74) is 0.214. The number of anilines is 1. The van der Waals surface area contributed by atoms with Crippen LogP contribution in [0.15, 0.2) is 23.6 Å². The lowest BCUT2D eigenvalue weighted by Gasteiger charge is -2.23. The maximum atomic E-state index is 13.2. The highest BCUT2D eigenvalue weighted by molar-refractivity contribution is 7.14. The molecule has 0 saturated carbocycles. The SMILES string of the molecule is CN1CCC(N(C)C(=O)c2csc(NC(=O)c3ccc(F)c(F)c3)n2)C1. The zero-order chi connectivity index (χ0) is 18.8. The maximum absolute atomic E-state index is 13.2. The number of nitrogens with zero attached hydrogens (tertiary/aromatic N) is 3. The molecule has 9 heteroatoms. The van der Waals surface area contributed by atoms with E-state index in [2.05, 4.69) is 15.2 Å². The van der Waals surface area contributed by atoms with Gasteiger partial charge in [0.2, 0.25) is 0 Å². The van der Waals surface area contributed by atoms with Gasteiger partial charge in [-0.3, -0.25) is 14.9 Å². The van der Waals surface area contributed by atoms with Crippen molar-refractivity contribution in [3.63, 3.8) is 0 Å². The van der Waals surface area contributed by atoms with E-state index < -0.39 is 17.5 Å². The van der Waals surface area contributed by atoms with Gasteiger partial charge in [-0.05, 0) is 38.2 Å².